The number of hydrogen-bond acceptors (Lipinski definition) is 6. The molecule has 25 heavy (non-hydrogen) atoms. The highest BCUT2D eigenvalue weighted by atomic mass is 16.5. The highest BCUT2D eigenvalue weighted by Crippen LogP contribution is 2.22. The molecule has 1 aromatic carbocycles. The minimum atomic E-state index is -0.434. The number of aromatic nitrogens is 2. The Labute approximate surface area is 147 Å². The first-order valence-electron chi connectivity index (χ1n) is 8.72. The van der Waals surface area contributed by atoms with Crippen LogP contribution >= 0.6 is 0 Å². The number of ether oxygens (including phenoxy) is 1. The average molecular weight is 344 g/mol. The van der Waals surface area contributed by atoms with Crippen molar-refractivity contribution in [3.8, 4) is 11.4 Å². The third-order valence-electron chi connectivity index (χ3n) is 4.34. The Balaban J connectivity index is 1.75. The van der Waals surface area contributed by atoms with Gasteiger partial charge in [-0.25, -0.2) is 0 Å². The summed E-state index contributed by atoms with van der Waals surface area (Å²) in [6, 6.07) is 7.37. The van der Waals surface area contributed by atoms with Crippen molar-refractivity contribution in [2.75, 3.05) is 13.2 Å². The summed E-state index contributed by atoms with van der Waals surface area (Å²) in [5.41, 5.74) is 7.80. The van der Waals surface area contributed by atoms with Crippen LogP contribution in [0, 0.1) is 0 Å². The molecule has 0 radical (unpaired) electrons. The zero-order valence-electron chi connectivity index (χ0n) is 14.5. The zero-order valence-corrected chi connectivity index (χ0v) is 14.5. The number of rotatable bonds is 6. The van der Waals surface area contributed by atoms with E-state index in [9.17, 15) is 4.79 Å². The fraction of sp³-hybridized carbons (Fsp3) is 0.500. The number of amides is 1. The predicted octanol–water partition coefficient (Wildman–Crippen LogP) is 2.11. The van der Waals surface area contributed by atoms with Gasteiger partial charge in [-0.05, 0) is 31.7 Å². The summed E-state index contributed by atoms with van der Waals surface area (Å²) in [6.07, 6.45) is 2.64. The summed E-state index contributed by atoms with van der Waals surface area (Å²) < 4.78 is 10.9. The van der Waals surface area contributed by atoms with Crippen molar-refractivity contribution in [3.05, 3.63) is 35.7 Å². The Bertz CT molecular complexity index is 716. The largest absolute Gasteiger partial charge is 0.377 e. The molecule has 1 aliphatic heterocycles. The van der Waals surface area contributed by atoms with Crippen molar-refractivity contribution >= 4 is 5.91 Å². The van der Waals surface area contributed by atoms with Crippen LogP contribution in [0.1, 0.15) is 37.6 Å². The lowest BCUT2D eigenvalue weighted by molar-refractivity contribution is -0.133. The predicted molar refractivity (Wildman–Crippen MR) is 92.3 cm³/mol. The second kappa shape index (κ2) is 8.22. The third-order valence-corrected chi connectivity index (χ3v) is 4.34. The van der Waals surface area contributed by atoms with Crippen LogP contribution in [-0.2, 0) is 22.7 Å². The van der Waals surface area contributed by atoms with E-state index in [1.165, 1.54) is 0 Å². The van der Waals surface area contributed by atoms with Crippen molar-refractivity contribution in [2.24, 2.45) is 5.73 Å². The number of hydrogen-bond donors (Lipinski definition) is 1. The Kier molecular flexibility index (Phi) is 5.78. The molecule has 0 aliphatic carbocycles. The minimum Gasteiger partial charge on any atom is -0.377 e. The fourth-order valence-electron chi connectivity index (χ4n) is 2.96. The summed E-state index contributed by atoms with van der Waals surface area (Å²) in [4.78, 5) is 18.5. The topological polar surface area (TPSA) is 94.5 Å². The Morgan fingerprint density at radius 1 is 1.36 bits per heavy atom. The van der Waals surface area contributed by atoms with Crippen LogP contribution in [0.2, 0.25) is 0 Å². The summed E-state index contributed by atoms with van der Waals surface area (Å²) in [7, 11) is 0. The lowest BCUT2D eigenvalue weighted by atomic mass is 10.1. The lowest BCUT2D eigenvalue weighted by Crippen LogP contribution is -2.41. The minimum absolute atomic E-state index is 0.0472. The molecular formula is C18H24N4O3. The van der Waals surface area contributed by atoms with Gasteiger partial charge in [-0.3, -0.25) is 4.79 Å². The molecule has 1 aliphatic rings. The van der Waals surface area contributed by atoms with Crippen molar-refractivity contribution in [3.63, 3.8) is 0 Å². The van der Waals surface area contributed by atoms with Crippen molar-refractivity contribution < 1.29 is 14.1 Å². The molecule has 0 saturated carbocycles. The first kappa shape index (κ1) is 17.6. The SMILES string of the molecule is CCOCc1ccccc1-c1noc(CN2CCCCC(N)C2=O)n1. The Morgan fingerprint density at radius 2 is 2.20 bits per heavy atom. The quantitative estimate of drug-likeness (QED) is 0.862. The van der Waals surface area contributed by atoms with E-state index in [1.54, 1.807) is 4.90 Å². The van der Waals surface area contributed by atoms with Crippen molar-refractivity contribution in [1.82, 2.24) is 15.0 Å². The number of nitrogens with two attached hydrogens (primary N) is 1. The van der Waals surface area contributed by atoms with Gasteiger partial charge in [-0.1, -0.05) is 29.4 Å². The van der Waals surface area contributed by atoms with Gasteiger partial charge in [0.1, 0.15) is 6.54 Å². The van der Waals surface area contributed by atoms with Gasteiger partial charge in [-0.15, -0.1) is 0 Å². The van der Waals surface area contributed by atoms with Gasteiger partial charge >= 0.3 is 0 Å². The number of carbonyl (C=O) groups is 1. The molecule has 2 N–H and O–H groups in total. The second-order valence-corrected chi connectivity index (χ2v) is 6.17. The maximum absolute atomic E-state index is 12.3. The number of carbonyl (C=O) groups excluding carboxylic acids is 1. The second-order valence-electron chi connectivity index (χ2n) is 6.17. The number of benzene rings is 1. The van der Waals surface area contributed by atoms with E-state index in [1.807, 2.05) is 31.2 Å². The van der Waals surface area contributed by atoms with Gasteiger partial charge < -0.3 is 19.9 Å². The maximum Gasteiger partial charge on any atom is 0.246 e. The van der Waals surface area contributed by atoms with Crippen LogP contribution in [0.3, 0.4) is 0 Å². The maximum atomic E-state index is 12.3. The fourth-order valence-corrected chi connectivity index (χ4v) is 2.96. The molecule has 1 aromatic heterocycles. The molecule has 0 bridgehead atoms. The van der Waals surface area contributed by atoms with Gasteiger partial charge in [-0.2, -0.15) is 4.98 Å². The molecule has 1 saturated heterocycles. The molecule has 134 valence electrons. The Morgan fingerprint density at radius 3 is 3.04 bits per heavy atom. The molecular weight excluding hydrogens is 320 g/mol. The summed E-state index contributed by atoms with van der Waals surface area (Å²) >= 11 is 0. The molecule has 1 unspecified atom stereocenters. The molecule has 7 heteroatoms. The van der Waals surface area contributed by atoms with Crippen molar-refractivity contribution in [2.45, 2.75) is 45.4 Å². The van der Waals surface area contributed by atoms with Crippen LogP contribution in [0.15, 0.2) is 28.8 Å². The average Bonchev–Trinajstić information content (AvgIpc) is 3.04. The van der Waals surface area contributed by atoms with E-state index in [0.29, 0.717) is 38.0 Å². The van der Waals surface area contributed by atoms with Crippen LogP contribution in [0.4, 0.5) is 0 Å². The summed E-state index contributed by atoms with van der Waals surface area (Å²) in [6.45, 7) is 4.06. The standard InChI is InChI=1S/C18H24N4O3/c1-2-24-12-13-7-3-4-8-14(13)17-20-16(25-21-17)11-22-10-6-5-9-15(19)18(22)23/h3-4,7-8,15H,2,5-6,9-12,19H2,1H3. The first-order chi connectivity index (χ1) is 12.2. The first-order valence-corrected chi connectivity index (χ1v) is 8.72. The molecule has 2 heterocycles. The van der Waals surface area contributed by atoms with E-state index in [2.05, 4.69) is 10.1 Å². The number of nitrogens with zero attached hydrogens (tertiary/aromatic N) is 3. The monoisotopic (exact) mass is 344 g/mol. The van der Waals surface area contributed by atoms with E-state index in [0.717, 1.165) is 30.4 Å². The van der Waals surface area contributed by atoms with Crippen molar-refractivity contribution in [1.29, 1.82) is 0 Å². The molecule has 1 fully saturated rings. The molecule has 1 amide bonds. The van der Waals surface area contributed by atoms with Gasteiger partial charge in [0.25, 0.3) is 0 Å². The zero-order chi connectivity index (χ0) is 17.6. The molecule has 7 nitrogen and oxygen atoms in total. The van der Waals surface area contributed by atoms with Gasteiger partial charge in [0.05, 0.1) is 12.6 Å². The summed E-state index contributed by atoms with van der Waals surface area (Å²) in [5.74, 6) is 0.884. The molecule has 0 spiro atoms. The Hall–Kier alpha value is -2.25. The highest BCUT2D eigenvalue weighted by molar-refractivity contribution is 5.81. The van der Waals surface area contributed by atoms with Gasteiger partial charge in [0.2, 0.25) is 17.6 Å². The van der Waals surface area contributed by atoms with Crippen LogP contribution in [0.5, 0.6) is 0 Å². The van der Waals surface area contributed by atoms with Crippen LogP contribution in [0.25, 0.3) is 11.4 Å². The lowest BCUT2D eigenvalue weighted by Gasteiger charge is -2.20. The van der Waals surface area contributed by atoms with E-state index >= 15 is 0 Å². The summed E-state index contributed by atoms with van der Waals surface area (Å²) in [5, 5.41) is 4.08. The third kappa shape index (κ3) is 4.24. The highest BCUT2D eigenvalue weighted by Gasteiger charge is 2.25. The van der Waals surface area contributed by atoms with Crippen LogP contribution in [-0.4, -0.2) is 40.1 Å². The normalized spacial score (nSPS) is 18.4. The van der Waals surface area contributed by atoms with E-state index in [-0.39, 0.29) is 5.91 Å². The van der Waals surface area contributed by atoms with Gasteiger partial charge in [0.15, 0.2) is 0 Å². The van der Waals surface area contributed by atoms with E-state index < -0.39 is 6.04 Å². The molecule has 3 rings (SSSR count). The molecule has 1 atom stereocenters. The molecule has 2 aromatic rings. The van der Waals surface area contributed by atoms with E-state index in [4.69, 9.17) is 15.0 Å². The number of likely N-dealkylation sites (tertiary alicyclic amines) is 1. The van der Waals surface area contributed by atoms with Gasteiger partial charge in [0, 0.05) is 18.7 Å². The smallest absolute Gasteiger partial charge is 0.246 e. The van der Waals surface area contributed by atoms with Crippen LogP contribution < -0.4 is 5.73 Å².